The van der Waals surface area contributed by atoms with Gasteiger partial charge in [0, 0.05) is 20.6 Å². The molecule has 8 aromatic carbocycles. The highest BCUT2D eigenvalue weighted by molar-refractivity contribution is 7.99. The fourth-order valence-electron chi connectivity index (χ4n) is 10.2. The van der Waals surface area contributed by atoms with Crippen LogP contribution in [0.15, 0.2) is 204 Å². The van der Waals surface area contributed by atoms with E-state index in [0.29, 0.717) is 0 Å². The van der Waals surface area contributed by atoms with Gasteiger partial charge in [-0.2, -0.15) is 0 Å². The predicted molar refractivity (Wildman–Crippen MR) is 402 cm³/mol. The molecule has 0 bridgehead atoms. The molecule has 94 heavy (non-hydrogen) atoms. The average molecular weight is 1290 g/mol. The third-order valence-corrected chi connectivity index (χ3v) is 17.9. The molecule has 0 aromatic heterocycles. The summed E-state index contributed by atoms with van der Waals surface area (Å²) in [6.07, 6.45) is 22.0. The summed E-state index contributed by atoms with van der Waals surface area (Å²) in [5.74, 6) is 5.72. The van der Waals surface area contributed by atoms with Crippen molar-refractivity contribution in [2.75, 3.05) is 39.6 Å². The third-order valence-electron chi connectivity index (χ3n) is 16.9. The standard InChI is InChI=1S/C23H32O2.C23H32.C21H28O2.C20H26O2S/c1-5-7-17-24-21-13-9-19(10-14-21)23(3,4)20-11-15-22(16-12-20)25-18-8-6-2;1-5-7-9-19-11-15-21(16-12-19)23(3,4)22-17-13-20(14-18-22)10-8-6-2;1-3-5-15-22-20-11-7-18(8-12-20)17-19-9-13-21(14-10-19)23-16-6-4-2;1-3-5-15-21-17-7-11-19(12-8-17)23-20-13-9-18(10-14-20)22-16-6-4-2/h9-16H,5-8,17-18H2,1-4H3;11-18H,5-10H2,1-4H3;7-14H,3-6,15-17H2,1-2H3;7-14H,3-6,15-16H2,1-2H3. The van der Waals surface area contributed by atoms with Crippen LogP contribution in [0.1, 0.15) is 230 Å². The van der Waals surface area contributed by atoms with Gasteiger partial charge in [-0.25, -0.2) is 0 Å². The molecule has 0 amide bonds. The lowest BCUT2D eigenvalue weighted by Gasteiger charge is -2.26. The molecule has 0 fully saturated rings. The molecule has 6 nitrogen and oxygen atoms in total. The number of rotatable bonds is 38. The van der Waals surface area contributed by atoms with Crippen molar-refractivity contribution in [3.8, 4) is 34.5 Å². The van der Waals surface area contributed by atoms with Crippen molar-refractivity contribution < 1.29 is 28.4 Å². The van der Waals surface area contributed by atoms with Crippen molar-refractivity contribution >= 4 is 11.8 Å². The summed E-state index contributed by atoms with van der Waals surface area (Å²) >= 11 is 1.75. The van der Waals surface area contributed by atoms with E-state index in [1.807, 2.05) is 24.3 Å². The average Bonchev–Trinajstić information content (AvgIpc) is 0.832. The molecule has 0 heterocycles. The zero-order valence-corrected chi connectivity index (χ0v) is 60.8. The van der Waals surface area contributed by atoms with Crippen LogP contribution in [0.3, 0.4) is 0 Å². The highest BCUT2D eigenvalue weighted by atomic mass is 32.2. The summed E-state index contributed by atoms with van der Waals surface area (Å²) in [6, 6.07) is 68.9. The van der Waals surface area contributed by atoms with Crippen molar-refractivity contribution in [3.05, 3.63) is 239 Å². The summed E-state index contributed by atoms with van der Waals surface area (Å²) in [6.45, 7) is 31.5. The first-order chi connectivity index (χ1) is 45.8. The van der Waals surface area contributed by atoms with Crippen LogP contribution in [-0.4, -0.2) is 39.6 Å². The molecule has 0 saturated carbocycles. The molecule has 8 aromatic rings. The SMILES string of the molecule is CCCCOc1ccc(C(C)(C)c2ccc(OCCCC)cc2)cc1.CCCCOc1ccc(Cc2ccc(OCCCC)cc2)cc1.CCCCOc1ccc(Sc2ccc(OCCCC)cc2)cc1.CCCCc1ccc(C(C)(C)c2ccc(CCCC)cc2)cc1. The molecular formula is C87H118O6S. The summed E-state index contributed by atoms with van der Waals surface area (Å²) in [7, 11) is 0. The van der Waals surface area contributed by atoms with Gasteiger partial charge in [-0.3, -0.25) is 0 Å². The predicted octanol–water partition coefficient (Wildman–Crippen LogP) is 24.9. The van der Waals surface area contributed by atoms with E-state index in [1.165, 1.54) is 92.8 Å². The van der Waals surface area contributed by atoms with Gasteiger partial charge in [0.25, 0.3) is 0 Å². The maximum Gasteiger partial charge on any atom is 0.119 e. The maximum atomic E-state index is 5.77. The summed E-state index contributed by atoms with van der Waals surface area (Å²) < 4.78 is 34.3. The third kappa shape index (κ3) is 29.3. The lowest BCUT2D eigenvalue weighted by Crippen LogP contribution is -2.18. The normalized spacial score (nSPS) is 11.0. The number of unbranched alkanes of at least 4 members (excludes halogenated alkanes) is 8. The van der Waals surface area contributed by atoms with E-state index in [-0.39, 0.29) is 10.8 Å². The summed E-state index contributed by atoms with van der Waals surface area (Å²) in [5, 5.41) is 0. The molecule has 0 atom stereocenters. The Morgan fingerprint density at radius 3 is 0.649 bits per heavy atom. The monoisotopic (exact) mass is 1290 g/mol. The van der Waals surface area contributed by atoms with E-state index >= 15 is 0 Å². The second kappa shape index (κ2) is 45.3. The number of ether oxygens (including phenoxy) is 6. The molecule has 0 N–H and O–H groups in total. The molecule has 0 spiro atoms. The van der Waals surface area contributed by atoms with Crippen molar-refractivity contribution in [1.29, 1.82) is 0 Å². The molecule has 0 radical (unpaired) electrons. The number of aryl methyl sites for hydroxylation is 2. The molecule has 0 aliphatic rings. The smallest absolute Gasteiger partial charge is 0.119 e. The van der Waals surface area contributed by atoms with Crippen molar-refractivity contribution in [1.82, 2.24) is 0 Å². The van der Waals surface area contributed by atoms with E-state index in [0.717, 1.165) is 158 Å². The molecule has 0 aliphatic heterocycles. The van der Waals surface area contributed by atoms with Gasteiger partial charge in [-0.15, -0.1) is 0 Å². The minimum Gasteiger partial charge on any atom is -0.494 e. The molecule has 508 valence electrons. The van der Waals surface area contributed by atoms with Gasteiger partial charge in [0.15, 0.2) is 0 Å². The summed E-state index contributed by atoms with van der Waals surface area (Å²) in [4.78, 5) is 2.43. The second-order valence-corrected chi connectivity index (χ2v) is 26.8. The van der Waals surface area contributed by atoms with E-state index in [4.69, 9.17) is 28.4 Å². The number of benzene rings is 8. The van der Waals surface area contributed by atoms with E-state index in [9.17, 15) is 0 Å². The fraction of sp³-hybridized carbons (Fsp3) is 0.448. The maximum absolute atomic E-state index is 5.77. The Morgan fingerprint density at radius 2 is 0.426 bits per heavy atom. The first-order valence-electron chi connectivity index (χ1n) is 36.0. The van der Waals surface area contributed by atoms with Crippen LogP contribution in [0.5, 0.6) is 34.5 Å². The van der Waals surface area contributed by atoms with Gasteiger partial charge in [0.2, 0.25) is 0 Å². The van der Waals surface area contributed by atoms with Gasteiger partial charge in [-0.1, -0.05) is 243 Å². The van der Waals surface area contributed by atoms with Gasteiger partial charge in [0.1, 0.15) is 34.5 Å². The molecule has 0 aliphatic carbocycles. The van der Waals surface area contributed by atoms with Gasteiger partial charge < -0.3 is 28.4 Å². The van der Waals surface area contributed by atoms with Gasteiger partial charge in [0.05, 0.1) is 39.6 Å². The Kier molecular flexibility index (Phi) is 37.4. The Hall–Kier alpha value is -7.09. The molecule has 0 saturated heterocycles. The first kappa shape index (κ1) is 77.6. The second-order valence-electron chi connectivity index (χ2n) is 25.6. The topological polar surface area (TPSA) is 55.4 Å². The van der Waals surface area contributed by atoms with Crippen LogP contribution in [0, 0.1) is 0 Å². The van der Waals surface area contributed by atoms with Gasteiger partial charge in [-0.05, 0) is 212 Å². The van der Waals surface area contributed by atoms with E-state index in [1.54, 1.807) is 11.8 Å². The molecular weight excluding hydrogens is 1170 g/mol. The van der Waals surface area contributed by atoms with Crippen LogP contribution in [0.2, 0.25) is 0 Å². The Balaban J connectivity index is 0.000000227. The number of hydrogen-bond donors (Lipinski definition) is 0. The Morgan fingerprint density at radius 1 is 0.234 bits per heavy atom. The molecule has 7 heteroatoms. The quantitative estimate of drug-likeness (QED) is 0.0357. The van der Waals surface area contributed by atoms with Crippen molar-refractivity contribution in [3.63, 3.8) is 0 Å². The van der Waals surface area contributed by atoms with Gasteiger partial charge >= 0.3 is 0 Å². The van der Waals surface area contributed by atoms with E-state index in [2.05, 4.69) is 253 Å². The largest absolute Gasteiger partial charge is 0.494 e. The van der Waals surface area contributed by atoms with Crippen LogP contribution < -0.4 is 28.4 Å². The fourth-order valence-corrected chi connectivity index (χ4v) is 11.0. The first-order valence-corrected chi connectivity index (χ1v) is 36.8. The lowest BCUT2D eigenvalue weighted by atomic mass is 9.77. The van der Waals surface area contributed by atoms with Crippen LogP contribution in [-0.2, 0) is 30.1 Å². The Bertz CT molecular complexity index is 2840. The number of hydrogen-bond acceptors (Lipinski definition) is 7. The highest BCUT2D eigenvalue weighted by Gasteiger charge is 2.24. The lowest BCUT2D eigenvalue weighted by molar-refractivity contribution is 0.309. The molecule has 0 unspecified atom stereocenters. The van der Waals surface area contributed by atoms with Crippen LogP contribution in [0.4, 0.5) is 0 Å². The summed E-state index contributed by atoms with van der Waals surface area (Å²) in [5.41, 5.74) is 10.9. The molecule has 8 rings (SSSR count). The highest BCUT2D eigenvalue weighted by Crippen LogP contribution is 2.35. The minimum atomic E-state index is -0.0517. The van der Waals surface area contributed by atoms with E-state index < -0.39 is 0 Å². The minimum absolute atomic E-state index is 0.0517. The van der Waals surface area contributed by atoms with Crippen molar-refractivity contribution in [2.24, 2.45) is 0 Å². The van der Waals surface area contributed by atoms with Crippen LogP contribution >= 0.6 is 11.8 Å². The van der Waals surface area contributed by atoms with Crippen LogP contribution in [0.25, 0.3) is 0 Å². The Labute approximate surface area is 575 Å². The zero-order valence-electron chi connectivity index (χ0n) is 60.0. The zero-order chi connectivity index (χ0) is 67.5. The van der Waals surface area contributed by atoms with Crippen molar-refractivity contribution in [2.45, 2.75) is 226 Å².